The van der Waals surface area contributed by atoms with Crippen molar-refractivity contribution in [3.05, 3.63) is 30.1 Å². The number of nitrogens with one attached hydrogen (secondary N) is 1. The highest BCUT2D eigenvalue weighted by Crippen LogP contribution is 2.20. The highest BCUT2D eigenvalue weighted by atomic mass is 19.4. The van der Waals surface area contributed by atoms with Gasteiger partial charge in [0.25, 0.3) is 0 Å². The third-order valence-electron chi connectivity index (χ3n) is 3.15. The van der Waals surface area contributed by atoms with Gasteiger partial charge in [0.15, 0.2) is 0 Å². The maximum atomic E-state index is 12.0. The SMILES string of the molecule is CCn1c(CNCCCC(F)(F)F)nc2ccccc21. The van der Waals surface area contributed by atoms with E-state index in [0.717, 1.165) is 23.4 Å². The molecule has 0 saturated carbocycles. The second kappa shape index (κ2) is 6.26. The average Bonchev–Trinajstić information content (AvgIpc) is 2.74. The van der Waals surface area contributed by atoms with Crippen molar-refractivity contribution in [2.75, 3.05) is 6.54 Å². The molecule has 0 aliphatic heterocycles. The van der Waals surface area contributed by atoms with Gasteiger partial charge in [-0.3, -0.25) is 0 Å². The first kappa shape index (κ1) is 14.8. The van der Waals surface area contributed by atoms with Crippen LogP contribution in [-0.4, -0.2) is 22.3 Å². The van der Waals surface area contributed by atoms with Gasteiger partial charge in [-0.25, -0.2) is 4.98 Å². The zero-order valence-electron chi connectivity index (χ0n) is 11.4. The van der Waals surface area contributed by atoms with Crippen molar-refractivity contribution in [2.45, 2.75) is 39.0 Å². The van der Waals surface area contributed by atoms with E-state index in [-0.39, 0.29) is 6.42 Å². The lowest BCUT2D eigenvalue weighted by Crippen LogP contribution is -2.20. The molecule has 3 nitrogen and oxygen atoms in total. The summed E-state index contributed by atoms with van der Waals surface area (Å²) < 4.78 is 38.1. The molecule has 1 heterocycles. The second-order valence-electron chi connectivity index (χ2n) is 4.66. The van der Waals surface area contributed by atoms with Crippen LogP contribution in [0.25, 0.3) is 11.0 Å². The lowest BCUT2D eigenvalue weighted by Gasteiger charge is -2.08. The number of aryl methyl sites for hydroxylation is 1. The van der Waals surface area contributed by atoms with Crippen LogP contribution < -0.4 is 5.32 Å². The van der Waals surface area contributed by atoms with Gasteiger partial charge in [-0.1, -0.05) is 12.1 Å². The Morgan fingerprint density at radius 2 is 2.00 bits per heavy atom. The van der Waals surface area contributed by atoms with E-state index in [1.54, 1.807) is 0 Å². The number of rotatable bonds is 6. The molecule has 6 heteroatoms. The molecular formula is C14H18F3N3. The molecule has 0 aliphatic rings. The first-order chi connectivity index (χ1) is 9.51. The van der Waals surface area contributed by atoms with Crippen molar-refractivity contribution in [3.63, 3.8) is 0 Å². The Balaban J connectivity index is 1.93. The summed E-state index contributed by atoms with van der Waals surface area (Å²) in [6, 6.07) is 7.82. The fraction of sp³-hybridized carbons (Fsp3) is 0.500. The number of benzene rings is 1. The summed E-state index contributed by atoms with van der Waals surface area (Å²) in [7, 11) is 0. The maximum Gasteiger partial charge on any atom is 0.389 e. The Hall–Kier alpha value is -1.56. The van der Waals surface area contributed by atoms with Crippen LogP contribution in [0.3, 0.4) is 0 Å². The van der Waals surface area contributed by atoms with Crippen molar-refractivity contribution in [2.24, 2.45) is 0 Å². The van der Waals surface area contributed by atoms with E-state index in [9.17, 15) is 13.2 Å². The topological polar surface area (TPSA) is 29.9 Å². The van der Waals surface area contributed by atoms with Crippen LogP contribution in [0.15, 0.2) is 24.3 Å². The number of fused-ring (bicyclic) bond motifs is 1. The summed E-state index contributed by atoms with van der Waals surface area (Å²) >= 11 is 0. The van der Waals surface area contributed by atoms with Crippen molar-refractivity contribution in [1.29, 1.82) is 0 Å². The first-order valence-electron chi connectivity index (χ1n) is 6.73. The van der Waals surface area contributed by atoms with E-state index in [0.29, 0.717) is 13.1 Å². The van der Waals surface area contributed by atoms with E-state index in [4.69, 9.17) is 0 Å². The number of alkyl halides is 3. The van der Waals surface area contributed by atoms with E-state index in [1.165, 1.54) is 0 Å². The number of hydrogen-bond acceptors (Lipinski definition) is 2. The van der Waals surface area contributed by atoms with E-state index >= 15 is 0 Å². The molecule has 1 N–H and O–H groups in total. The van der Waals surface area contributed by atoms with Gasteiger partial charge in [-0.05, 0) is 32.0 Å². The summed E-state index contributed by atoms with van der Waals surface area (Å²) in [5.74, 6) is 0.862. The van der Waals surface area contributed by atoms with Gasteiger partial charge >= 0.3 is 6.18 Å². The van der Waals surface area contributed by atoms with Crippen LogP contribution in [0, 0.1) is 0 Å². The third-order valence-corrected chi connectivity index (χ3v) is 3.15. The van der Waals surface area contributed by atoms with Crippen LogP contribution in [0.1, 0.15) is 25.6 Å². The summed E-state index contributed by atoms with van der Waals surface area (Å²) in [4.78, 5) is 4.51. The van der Waals surface area contributed by atoms with Gasteiger partial charge in [0.2, 0.25) is 0 Å². The Morgan fingerprint density at radius 1 is 1.25 bits per heavy atom. The minimum atomic E-state index is -4.07. The number of imidazole rings is 1. The quantitative estimate of drug-likeness (QED) is 0.823. The molecule has 0 aliphatic carbocycles. The average molecular weight is 285 g/mol. The Labute approximate surface area is 115 Å². The van der Waals surface area contributed by atoms with Gasteiger partial charge in [0, 0.05) is 13.0 Å². The van der Waals surface area contributed by atoms with Crippen molar-refractivity contribution in [3.8, 4) is 0 Å². The lowest BCUT2D eigenvalue weighted by molar-refractivity contribution is -0.135. The minimum absolute atomic E-state index is 0.0931. The summed E-state index contributed by atoms with van der Waals surface area (Å²) in [6.07, 6.45) is -4.72. The molecule has 1 aromatic carbocycles. The molecule has 0 atom stereocenters. The fourth-order valence-electron chi connectivity index (χ4n) is 2.23. The smallest absolute Gasteiger partial charge is 0.327 e. The number of para-hydroxylation sites is 2. The van der Waals surface area contributed by atoms with Crippen LogP contribution >= 0.6 is 0 Å². The molecule has 0 amide bonds. The van der Waals surface area contributed by atoms with Gasteiger partial charge in [-0.15, -0.1) is 0 Å². The van der Waals surface area contributed by atoms with Crippen LogP contribution in [0.5, 0.6) is 0 Å². The molecule has 1 aromatic heterocycles. The Kier molecular flexibility index (Phi) is 4.65. The largest absolute Gasteiger partial charge is 0.389 e. The molecule has 110 valence electrons. The standard InChI is InChI=1S/C14H18F3N3/c1-2-20-12-7-4-3-6-11(12)19-13(20)10-18-9-5-8-14(15,16)17/h3-4,6-7,18H,2,5,8-10H2,1H3. The molecule has 0 radical (unpaired) electrons. The first-order valence-corrected chi connectivity index (χ1v) is 6.73. The van der Waals surface area contributed by atoms with Crippen LogP contribution in [0.2, 0.25) is 0 Å². The van der Waals surface area contributed by atoms with Crippen LogP contribution in [0.4, 0.5) is 13.2 Å². The summed E-state index contributed by atoms with van der Waals surface area (Å²) in [5.41, 5.74) is 1.98. The van der Waals surface area contributed by atoms with Crippen molar-refractivity contribution < 1.29 is 13.2 Å². The number of nitrogens with zero attached hydrogens (tertiary/aromatic N) is 2. The maximum absolute atomic E-state index is 12.0. The summed E-state index contributed by atoms with van der Waals surface area (Å²) in [6.45, 7) is 3.65. The molecular weight excluding hydrogens is 267 g/mol. The molecule has 2 aromatic rings. The predicted molar refractivity (Wildman–Crippen MR) is 72.4 cm³/mol. The number of halogens is 3. The molecule has 2 rings (SSSR count). The van der Waals surface area contributed by atoms with Gasteiger partial charge in [-0.2, -0.15) is 13.2 Å². The number of hydrogen-bond donors (Lipinski definition) is 1. The van der Waals surface area contributed by atoms with Gasteiger partial charge in [0.1, 0.15) is 5.82 Å². The van der Waals surface area contributed by atoms with Crippen molar-refractivity contribution in [1.82, 2.24) is 14.9 Å². The minimum Gasteiger partial charge on any atom is -0.327 e. The fourth-order valence-corrected chi connectivity index (χ4v) is 2.23. The monoisotopic (exact) mass is 285 g/mol. The summed E-state index contributed by atoms with van der Waals surface area (Å²) in [5, 5.41) is 3.03. The molecule has 0 spiro atoms. The molecule has 0 unspecified atom stereocenters. The van der Waals surface area contributed by atoms with E-state index < -0.39 is 12.6 Å². The normalized spacial score (nSPS) is 12.2. The molecule has 0 fully saturated rings. The zero-order chi connectivity index (χ0) is 14.6. The van der Waals surface area contributed by atoms with E-state index in [1.807, 2.05) is 31.2 Å². The Bertz CT molecular complexity index is 560. The van der Waals surface area contributed by atoms with Gasteiger partial charge < -0.3 is 9.88 Å². The molecule has 0 bridgehead atoms. The van der Waals surface area contributed by atoms with Crippen molar-refractivity contribution >= 4 is 11.0 Å². The molecule has 20 heavy (non-hydrogen) atoms. The third kappa shape index (κ3) is 3.72. The zero-order valence-corrected chi connectivity index (χ0v) is 11.4. The van der Waals surface area contributed by atoms with Crippen LogP contribution in [-0.2, 0) is 13.1 Å². The number of aromatic nitrogens is 2. The van der Waals surface area contributed by atoms with Gasteiger partial charge in [0.05, 0.1) is 17.6 Å². The highest BCUT2D eigenvalue weighted by Gasteiger charge is 2.25. The second-order valence-corrected chi connectivity index (χ2v) is 4.66. The lowest BCUT2D eigenvalue weighted by atomic mass is 10.3. The Morgan fingerprint density at radius 3 is 2.70 bits per heavy atom. The van der Waals surface area contributed by atoms with E-state index in [2.05, 4.69) is 14.9 Å². The predicted octanol–water partition coefficient (Wildman–Crippen LogP) is 3.49. The highest BCUT2D eigenvalue weighted by molar-refractivity contribution is 5.75. The molecule has 0 saturated heterocycles.